The molecule has 0 saturated carbocycles. The molecule has 2 aliphatic rings. The van der Waals surface area contributed by atoms with Crippen LogP contribution in [0.2, 0.25) is 0 Å². The van der Waals surface area contributed by atoms with Gasteiger partial charge in [-0.25, -0.2) is 0 Å². The van der Waals surface area contributed by atoms with E-state index in [-0.39, 0.29) is 5.91 Å². The van der Waals surface area contributed by atoms with Gasteiger partial charge in [-0.1, -0.05) is 0 Å². The maximum absolute atomic E-state index is 11.5. The Kier molecular flexibility index (Phi) is 3.18. The van der Waals surface area contributed by atoms with Crippen LogP contribution in [0.5, 0.6) is 0 Å². The van der Waals surface area contributed by atoms with Crippen LogP contribution in [0.25, 0.3) is 0 Å². The molecule has 1 fully saturated rings. The topological polar surface area (TPSA) is 35.6 Å². The summed E-state index contributed by atoms with van der Waals surface area (Å²) >= 11 is 2.26. The summed E-state index contributed by atoms with van der Waals surface area (Å²) in [5, 5.41) is 3.27. The number of amides is 1. The van der Waals surface area contributed by atoms with E-state index < -0.39 is 0 Å². The third-order valence-electron chi connectivity index (χ3n) is 2.72. The number of hydrogen-bond donors (Lipinski definition) is 1. The van der Waals surface area contributed by atoms with E-state index >= 15 is 0 Å². The van der Waals surface area contributed by atoms with E-state index in [1.165, 1.54) is 5.70 Å². The van der Waals surface area contributed by atoms with Crippen molar-refractivity contribution in [2.24, 2.45) is 0 Å². The molecule has 0 aromatic carbocycles. The van der Waals surface area contributed by atoms with Gasteiger partial charge in [0.2, 0.25) is 5.91 Å². The molecular formula is C10H14IN3O. The summed E-state index contributed by atoms with van der Waals surface area (Å²) in [6.45, 7) is 3.08. The van der Waals surface area contributed by atoms with Crippen LogP contribution in [0.1, 0.15) is 0 Å². The van der Waals surface area contributed by atoms with Gasteiger partial charge in [0.1, 0.15) is 0 Å². The number of nitrogens with one attached hydrogen (secondary N) is 1. The molecule has 1 saturated heterocycles. The molecule has 4 nitrogen and oxygen atoms in total. The molecule has 1 N–H and O–H groups in total. The first-order valence-electron chi connectivity index (χ1n) is 4.96. The van der Waals surface area contributed by atoms with Gasteiger partial charge < -0.3 is 15.1 Å². The van der Waals surface area contributed by atoms with Crippen molar-refractivity contribution in [2.45, 2.75) is 0 Å². The van der Waals surface area contributed by atoms with Crippen molar-refractivity contribution in [1.82, 2.24) is 15.1 Å². The Morgan fingerprint density at radius 2 is 2.20 bits per heavy atom. The Bertz CT molecular complexity index is 338. The number of nitrogens with zero attached hydrogens (tertiary/aromatic N) is 2. The standard InChI is InChI=1S/C10H14IN3O/c1-13-4-5-14(7-10(13)15)8-2-3-9(11)12-6-8/h2-3,12H,4-7H2,1H3. The monoisotopic (exact) mass is 319 g/mol. The minimum atomic E-state index is 0.200. The van der Waals surface area contributed by atoms with E-state index in [1.807, 2.05) is 13.1 Å². The number of halogens is 1. The van der Waals surface area contributed by atoms with Crippen molar-refractivity contribution in [3.8, 4) is 0 Å². The van der Waals surface area contributed by atoms with Crippen LogP contribution in [0, 0.1) is 0 Å². The van der Waals surface area contributed by atoms with Gasteiger partial charge in [-0.2, -0.15) is 0 Å². The van der Waals surface area contributed by atoms with Crippen molar-refractivity contribution >= 4 is 28.5 Å². The molecular weight excluding hydrogens is 305 g/mol. The summed E-state index contributed by atoms with van der Waals surface area (Å²) in [6, 6.07) is 0. The molecule has 2 rings (SSSR count). The fourth-order valence-electron chi connectivity index (χ4n) is 1.68. The van der Waals surface area contributed by atoms with Crippen LogP contribution in [-0.4, -0.2) is 48.9 Å². The normalized spacial score (nSPS) is 22.1. The maximum Gasteiger partial charge on any atom is 0.241 e. The van der Waals surface area contributed by atoms with E-state index in [4.69, 9.17) is 0 Å². The van der Waals surface area contributed by atoms with Gasteiger partial charge in [-0.3, -0.25) is 4.79 Å². The Hall–Kier alpha value is -0.720. The number of carbonyl (C=O) groups excluding carboxylic acids is 1. The van der Waals surface area contributed by atoms with Gasteiger partial charge in [0.15, 0.2) is 0 Å². The molecule has 2 heterocycles. The fourth-order valence-corrected chi connectivity index (χ4v) is 2.05. The molecule has 0 unspecified atom stereocenters. The first kappa shape index (κ1) is 10.8. The van der Waals surface area contributed by atoms with E-state index in [1.54, 1.807) is 4.90 Å². The lowest BCUT2D eigenvalue weighted by Crippen LogP contribution is -2.49. The van der Waals surface area contributed by atoms with E-state index in [0.717, 1.165) is 23.3 Å². The number of dihydropyridines is 1. The maximum atomic E-state index is 11.5. The number of allylic oxidation sites excluding steroid dienone is 2. The van der Waals surface area contributed by atoms with E-state index in [9.17, 15) is 4.79 Å². The molecule has 0 radical (unpaired) electrons. The second-order valence-electron chi connectivity index (χ2n) is 3.76. The molecule has 0 bridgehead atoms. The second-order valence-corrected chi connectivity index (χ2v) is 4.93. The van der Waals surface area contributed by atoms with Crippen molar-refractivity contribution in [1.29, 1.82) is 0 Å². The highest BCUT2D eigenvalue weighted by Crippen LogP contribution is 2.15. The summed E-state index contributed by atoms with van der Waals surface area (Å²) in [7, 11) is 1.86. The zero-order chi connectivity index (χ0) is 10.8. The predicted octanol–water partition coefficient (Wildman–Crippen LogP) is 0.524. The molecule has 0 aliphatic carbocycles. The van der Waals surface area contributed by atoms with Crippen LogP contribution in [0.15, 0.2) is 21.6 Å². The van der Waals surface area contributed by atoms with E-state index in [0.29, 0.717) is 6.54 Å². The molecule has 0 aromatic rings. The molecule has 0 atom stereocenters. The number of hydrogen-bond acceptors (Lipinski definition) is 3. The minimum Gasteiger partial charge on any atom is -0.375 e. The van der Waals surface area contributed by atoms with Gasteiger partial charge >= 0.3 is 0 Å². The van der Waals surface area contributed by atoms with Crippen LogP contribution < -0.4 is 5.32 Å². The van der Waals surface area contributed by atoms with Crippen LogP contribution in [0.4, 0.5) is 0 Å². The summed E-state index contributed by atoms with van der Waals surface area (Å²) in [5.41, 5.74) is 1.21. The van der Waals surface area contributed by atoms with Crippen LogP contribution in [0.3, 0.4) is 0 Å². The molecule has 0 aromatic heterocycles. The lowest BCUT2D eigenvalue weighted by molar-refractivity contribution is -0.133. The smallest absolute Gasteiger partial charge is 0.241 e. The first-order chi connectivity index (χ1) is 7.16. The molecule has 2 aliphatic heterocycles. The average molecular weight is 319 g/mol. The average Bonchev–Trinajstić information content (AvgIpc) is 2.23. The molecule has 5 heteroatoms. The Balaban J connectivity index is 2.03. The summed E-state index contributed by atoms with van der Waals surface area (Å²) in [4.78, 5) is 15.5. The van der Waals surface area contributed by atoms with E-state index in [2.05, 4.69) is 38.9 Å². The van der Waals surface area contributed by atoms with Crippen LogP contribution >= 0.6 is 22.6 Å². The van der Waals surface area contributed by atoms with Gasteiger partial charge in [-0.15, -0.1) is 0 Å². The summed E-state index contributed by atoms with van der Waals surface area (Å²) in [6.07, 6.45) is 4.14. The highest BCUT2D eigenvalue weighted by molar-refractivity contribution is 14.1. The number of carbonyl (C=O) groups is 1. The Morgan fingerprint density at radius 3 is 2.80 bits per heavy atom. The van der Waals surface area contributed by atoms with Gasteiger partial charge in [0.05, 0.1) is 16.8 Å². The van der Waals surface area contributed by atoms with Crippen molar-refractivity contribution in [3.05, 3.63) is 21.6 Å². The fraction of sp³-hybridized carbons (Fsp3) is 0.500. The number of likely N-dealkylation sites (N-methyl/N-ethyl adjacent to an activating group) is 1. The zero-order valence-corrected chi connectivity index (χ0v) is 10.8. The third kappa shape index (κ3) is 2.45. The van der Waals surface area contributed by atoms with Gasteiger partial charge in [-0.05, 0) is 34.7 Å². The minimum absolute atomic E-state index is 0.200. The number of piperazine rings is 1. The zero-order valence-electron chi connectivity index (χ0n) is 8.66. The predicted molar refractivity (Wildman–Crippen MR) is 67.4 cm³/mol. The molecule has 15 heavy (non-hydrogen) atoms. The van der Waals surface area contributed by atoms with Crippen LogP contribution in [-0.2, 0) is 4.79 Å². The highest BCUT2D eigenvalue weighted by Gasteiger charge is 2.22. The van der Waals surface area contributed by atoms with Gasteiger partial charge in [0, 0.05) is 25.8 Å². The quantitative estimate of drug-likeness (QED) is 0.566. The lowest BCUT2D eigenvalue weighted by Gasteiger charge is -2.35. The molecule has 1 amide bonds. The second kappa shape index (κ2) is 4.42. The molecule has 82 valence electrons. The third-order valence-corrected chi connectivity index (χ3v) is 3.46. The highest BCUT2D eigenvalue weighted by atomic mass is 127. The lowest BCUT2D eigenvalue weighted by atomic mass is 10.2. The van der Waals surface area contributed by atoms with Crippen molar-refractivity contribution in [3.63, 3.8) is 0 Å². The SMILES string of the molecule is CN1CCN(C2=CC=C(I)NC2)CC1=O. The summed E-state index contributed by atoms with van der Waals surface area (Å²) < 4.78 is 1.15. The van der Waals surface area contributed by atoms with Gasteiger partial charge in [0.25, 0.3) is 0 Å². The van der Waals surface area contributed by atoms with Crippen molar-refractivity contribution < 1.29 is 4.79 Å². The first-order valence-corrected chi connectivity index (χ1v) is 6.04. The van der Waals surface area contributed by atoms with Crippen molar-refractivity contribution in [2.75, 3.05) is 33.2 Å². The largest absolute Gasteiger partial charge is 0.375 e. The molecule has 0 spiro atoms. The summed E-state index contributed by atoms with van der Waals surface area (Å²) in [5.74, 6) is 0.200. The Morgan fingerprint density at radius 1 is 1.40 bits per heavy atom. The number of rotatable bonds is 1. The Labute approximate surface area is 103 Å².